The van der Waals surface area contributed by atoms with Gasteiger partial charge in [-0.25, -0.2) is 0 Å². The van der Waals surface area contributed by atoms with Gasteiger partial charge < -0.3 is 14.4 Å². The Hall–Kier alpha value is -2.01. The molecule has 0 spiro atoms. The zero-order chi connectivity index (χ0) is 15.8. The minimum atomic E-state index is -0.102. The highest BCUT2D eigenvalue weighted by Gasteiger charge is 2.32. The second kappa shape index (κ2) is 5.89. The molecule has 3 heterocycles. The van der Waals surface area contributed by atoms with Crippen molar-refractivity contribution in [3.05, 3.63) is 45.6 Å². The van der Waals surface area contributed by atoms with Crippen LogP contribution in [0.15, 0.2) is 29.6 Å². The van der Waals surface area contributed by atoms with Crippen LogP contribution in [-0.4, -0.2) is 31.1 Å². The number of carbonyl (C=O) groups is 1. The Bertz CT molecular complexity index is 740. The van der Waals surface area contributed by atoms with E-state index in [1.54, 1.807) is 18.4 Å². The number of hydrogen-bond donors (Lipinski definition) is 0. The van der Waals surface area contributed by atoms with Gasteiger partial charge in [0.1, 0.15) is 6.61 Å². The molecule has 2 aliphatic heterocycles. The van der Waals surface area contributed by atoms with Crippen LogP contribution in [0.2, 0.25) is 0 Å². The average molecular weight is 329 g/mol. The summed E-state index contributed by atoms with van der Waals surface area (Å²) < 4.78 is 11.2. The van der Waals surface area contributed by atoms with Gasteiger partial charge >= 0.3 is 0 Å². The van der Waals surface area contributed by atoms with Crippen molar-refractivity contribution in [3.8, 4) is 11.5 Å². The van der Waals surface area contributed by atoms with Gasteiger partial charge in [-0.1, -0.05) is 12.1 Å². The molecule has 1 aromatic heterocycles. The van der Waals surface area contributed by atoms with E-state index in [0.29, 0.717) is 6.61 Å². The fraction of sp³-hybridized carbons (Fsp3) is 0.389. The number of methoxy groups -OCH3 is 1. The lowest BCUT2D eigenvalue weighted by atomic mass is 9.94. The normalized spacial score (nSPS) is 19.5. The first-order valence-corrected chi connectivity index (χ1v) is 8.77. The van der Waals surface area contributed by atoms with E-state index in [2.05, 4.69) is 11.4 Å². The van der Waals surface area contributed by atoms with E-state index in [4.69, 9.17) is 9.47 Å². The third-order valence-corrected chi connectivity index (χ3v) is 5.67. The van der Waals surface area contributed by atoms with Crippen LogP contribution < -0.4 is 9.47 Å². The summed E-state index contributed by atoms with van der Waals surface area (Å²) in [6.07, 6.45) is 1.69. The van der Waals surface area contributed by atoms with Crippen LogP contribution in [0.25, 0.3) is 0 Å². The summed E-state index contributed by atoms with van der Waals surface area (Å²) in [6.45, 7) is 1.98. The Morgan fingerprint density at radius 3 is 3.13 bits per heavy atom. The minimum Gasteiger partial charge on any atom is -0.493 e. The smallest absolute Gasteiger partial charge is 0.229 e. The maximum atomic E-state index is 12.9. The Kier molecular flexibility index (Phi) is 3.73. The highest BCUT2D eigenvalue weighted by Crippen LogP contribution is 2.36. The first-order valence-electron chi connectivity index (χ1n) is 7.89. The average Bonchev–Trinajstić information content (AvgIpc) is 3.07. The Labute approximate surface area is 139 Å². The molecule has 0 bridgehead atoms. The number of carbonyl (C=O) groups excluding carboxylic acids is 1. The number of rotatable bonds is 2. The van der Waals surface area contributed by atoms with Crippen molar-refractivity contribution < 1.29 is 14.3 Å². The summed E-state index contributed by atoms with van der Waals surface area (Å²) in [5.74, 6) is 1.64. The van der Waals surface area contributed by atoms with Gasteiger partial charge in [0.25, 0.3) is 0 Å². The van der Waals surface area contributed by atoms with Crippen LogP contribution in [-0.2, 0) is 24.2 Å². The number of fused-ring (bicyclic) bond motifs is 2. The highest BCUT2D eigenvalue weighted by molar-refractivity contribution is 7.10. The minimum absolute atomic E-state index is 0.102. The second-order valence-electron chi connectivity index (χ2n) is 6.04. The zero-order valence-electron chi connectivity index (χ0n) is 13.1. The summed E-state index contributed by atoms with van der Waals surface area (Å²) in [5.41, 5.74) is 2.36. The molecule has 2 aliphatic rings. The molecule has 23 heavy (non-hydrogen) atoms. The Morgan fingerprint density at radius 1 is 1.35 bits per heavy atom. The van der Waals surface area contributed by atoms with Crippen LogP contribution in [0, 0.1) is 5.92 Å². The lowest BCUT2D eigenvalue weighted by Gasteiger charge is -2.33. The van der Waals surface area contributed by atoms with Crippen molar-refractivity contribution in [1.82, 2.24) is 4.90 Å². The maximum Gasteiger partial charge on any atom is 0.229 e. The molecule has 1 aromatic carbocycles. The molecule has 4 nitrogen and oxygen atoms in total. The van der Waals surface area contributed by atoms with E-state index in [9.17, 15) is 4.79 Å². The van der Waals surface area contributed by atoms with E-state index >= 15 is 0 Å². The van der Waals surface area contributed by atoms with Crippen LogP contribution in [0.3, 0.4) is 0 Å². The highest BCUT2D eigenvalue weighted by atomic mass is 32.1. The summed E-state index contributed by atoms with van der Waals surface area (Å²) in [6, 6.07) is 8.00. The topological polar surface area (TPSA) is 38.8 Å². The van der Waals surface area contributed by atoms with E-state index in [1.165, 1.54) is 10.4 Å². The Morgan fingerprint density at radius 2 is 2.26 bits per heavy atom. The van der Waals surface area contributed by atoms with Crippen molar-refractivity contribution in [2.24, 2.45) is 5.92 Å². The molecular weight excluding hydrogens is 310 g/mol. The molecule has 0 saturated heterocycles. The monoisotopic (exact) mass is 329 g/mol. The van der Waals surface area contributed by atoms with Gasteiger partial charge in [-0.2, -0.15) is 0 Å². The van der Waals surface area contributed by atoms with E-state index in [1.807, 2.05) is 23.1 Å². The molecule has 1 unspecified atom stereocenters. The zero-order valence-corrected chi connectivity index (χ0v) is 13.9. The summed E-state index contributed by atoms with van der Waals surface area (Å²) >= 11 is 1.79. The lowest BCUT2D eigenvalue weighted by molar-refractivity contribution is -0.137. The van der Waals surface area contributed by atoms with Gasteiger partial charge in [0, 0.05) is 18.0 Å². The first-order chi connectivity index (χ1) is 11.3. The number of thiophene rings is 1. The van der Waals surface area contributed by atoms with E-state index < -0.39 is 0 Å². The SMILES string of the molecule is COc1cccc2c1OCC(C(=O)N1CCc3sccc3C1)C2. The van der Waals surface area contributed by atoms with Gasteiger partial charge in [0.15, 0.2) is 11.5 Å². The standard InChI is InChI=1S/C18H19NO3S/c1-21-15-4-2-3-12-9-14(11-22-17(12)15)18(20)19-7-5-16-13(10-19)6-8-23-16/h2-4,6,8,14H,5,7,9-11H2,1H3. The van der Waals surface area contributed by atoms with E-state index in [0.717, 1.165) is 43.0 Å². The Balaban J connectivity index is 1.50. The predicted molar refractivity (Wildman–Crippen MR) is 89.1 cm³/mol. The van der Waals surface area contributed by atoms with Gasteiger partial charge in [0.2, 0.25) is 5.91 Å². The molecule has 0 radical (unpaired) electrons. The maximum absolute atomic E-state index is 12.9. The molecule has 5 heteroatoms. The molecular formula is C18H19NO3S. The van der Waals surface area contributed by atoms with Crippen LogP contribution in [0.4, 0.5) is 0 Å². The van der Waals surface area contributed by atoms with Crippen molar-refractivity contribution in [3.63, 3.8) is 0 Å². The third-order valence-electron chi connectivity index (χ3n) is 4.64. The van der Waals surface area contributed by atoms with Gasteiger partial charge in [-0.3, -0.25) is 4.79 Å². The fourth-order valence-electron chi connectivity index (χ4n) is 3.41. The van der Waals surface area contributed by atoms with Crippen molar-refractivity contribution in [1.29, 1.82) is 0 Å². The third kappa shape index (κ3) is 2.59. The van der Waals surface area contributed by atoms with Crippen LogP contribution >= 0.6 is 11.3 Å². The second-order valence-corrected chi connectivity index (χ2v) is 7.04. The predicted octanol–water partition coefficient (Wildman–Crippen LogP) is 2.89. The number of hydrogen-bond acceptors (Lipinski definition) is 4. The number of nitrogens with zero attached hydrogens (tertiary/aromatic N) is 1. The molecule has 4 rings (SSSR count). The fourth-order valence-corrected chi connectivity index (χ4v) is 4.30. The van der Waals surface area contributed by atoms with Crippen molar-refractivity contribution in [2.45, 2.75) is 19.4 Å². The molecule has 0 saturated carbocycles. The first kappa shape index (κ1) is 14.6. The van der Waals surface area contributed by atoms with Gasteiger partial charge in [0.05, 0.1) is 13.0 Å². The molecule has 0 fully saturated rings. The molecule has 0 N–H and O–H groups in total. The molecule has 1 amide bonds. The molecule has 0 aliphatic carbocycles. The van der Waals surface area contributed by atoms with E-state index in [-0.39, 0.29) is 11.8 Å². The van der Waals surface area contributed by atoms with Crippen molar-refractivity contribution >= 4 is 17.2 Å². The van der Waals surface area contributed by atoms with Crippen molar-refractivity contribution in [2.75, 3.05) is 20.3 Å². The lowest BCUT2D eigenvalue weighted by Crippen LogP contribution is -2.43. The van der Waals surface area contributed by atoms with Gasteiger partial charge in [-0.15, -0.1) is 11.3 Å². The van der Waals surface area contributed by atoms with Crippen LogP contribution in [0.5, 0.6) is 11.5 Å². The summed E-state index contributed by atoms with van der Waals surface area (Å²) in [7, 11) is 1.64. The largest absolute Gasteiger partial charge is 0.493 e. The molecule has 1 atom stereocenters. The molecule has 120 valence electrons. The number of amides is 1. The number of para-hydroxylation sites is 1. The number of ether oxygens (including phenoxy) is 2. The summed E-state index contributed by atoms with van der Waals surface area (Å²) in [4.78, 5) is 16.3. The number of benzene rings is 1. The molecule has 2 aromatic rings. The van der Waals surface area contributed by atoms with Crippen LogP contribution in [0.1, 0.15) is 16.0 Å². The van der Waals surface area contributed by atoms with Gasteiger partial charge in [-0.05, 0) is 41.5 Å². The quantitative estimate of drug-likeness (QED) is 0.850. The summed E-state index contributed by atoms with van der Waals surface area (Å²) in [5, 5.41) is 2.12.